The summed E-state index contributed by atoms with van der Waals surface area (Å²) >= 11 is 5.67. The second kappa shape index (κ2) is 4.94. The van der Waals surface area contributed by atoms with Crippen LogP contribution in [0.4, 0.5) is 0 Å². The van der Waals surface area contributed by atoms with Crippen LogP contribution in [0.3, 0.4) is 0 Å². The van der Waals surface area contributed by atoms with Crippen LogP contribution in [0.15, 0.2) is 6.20 Å². The molecule has 0 radical (unpaired) electrons. The molecule has 2 N–H and O–H groups in total. The van der Waals surface area contributed by atoms with Crippen molar-refractivity contribution in [2.45, 2.75) is 18.9 Å². The van der Waals surface area contributed by atoms with Crippen LogP contribution in [0.5, 0.6) is 5.75 Å². The zero-order valence-corrected chi connectivity index (χ0v) is 11.1. The van der Waals surface area contributed by atoms with Crippen molar-refractivity contribution in [3.8, 4) is 5.75 Å². The van der Waals surface area contributed by atoms with Crippen LogP contribution in [0.2, 0.25) is 5.15 Å². The fourth-order valence-electron chi connectivity index (χ4n) is 2.88. The van der Waals surface area contributed by atoms with Crippen LogP contribution in [0, 0.1) is 5.92 Å². The topological polar surface area (TPSA) is 78.4 Å². The third-order valence-corrected chi connectivity index (χ3v) is 4.01. The Hall–Kier alpha value is -1.40. The predicted octanol–water partition coefficient (Wildman–Crippen LogP) is 0.660. The van der Waals surface area contributed by atoms with Crippen molar-refractivity contribution in [2.24, 2.45) is 5.92 Å². The molecular weight excluding hydrogens is 268 g/mol. The first-order chi connectivity index (χ1) is 9.11. The largest absolute Gasteiger partial charge is 0.504 e. The molecule has 3 atom stereocenters. The van der Waals surface area contributed by atoms with Crippen LogP contribution in [0.1, 0.15) is 23.5 Å². The number of carbonyl (C=O) groups excluding carboxylic acids is 1. The molecule has 2 fully saturated rings. The van der Waals surface area contributed by atoms with Crippen molar-refractivity contribution in [3.05, 3.63) is 17.2 Å². The van der Waals surface area contributed by atoms with Crippen LogP contribution in [-0.2, 0) is 0 Å². The van der Waals surface area contributed by atoms with E-state index in [-0.39, 0.29) is 28.7 Å². The number of rotatable bonds is 2. The lowest BCUT2D eigenvalue weighted by atomic mass is 9.97. The van der Waals surface area contributed by atoms with E-state index in [1.165, 1.54) is 6.42 Å². The molecule has 2 aliphatic heterocycles. The van der Waals surface area contributed by atoms with E-state index in [9.17, 15) is 9.90 Å². The normalized spacial score (nSPS) is 29.2. The summed E-state index contributed by atoms with van der Waals surface area (Å²) in [5.41, 5.74) is 0. The minimum atomic E-state index is -0.339. The summed E-state index contributed by atoms with van der Waals surface area (Å²) in [6.45, 7) is 3.15. The van der Waals surface area contributed by atoms with Gasteiger partial charge in [-0.25, -0.2) is 9.97 Å². The van der Waals surface area contributed by atoms with Crippen molar-refractivity contribution in [2.75, 3.05) is 19.6 Å². The first kappa shape index (κ1) is 12.6. The van der Waals surface area contributed by atoms with Crippen molar-refractivity contribution in [1.29, 1.82) is 0 Å². The molecule has 6 nitrogen and oxygen atoms in total. The minimum absolute atomic E-state index is 0.00396. The van der Waals surface area contributed by atoms with Gasteiger partial charge >= 0.3 is 0 Å². The number of nitrogens with zero attached hydrogens (tertiary/aromatic N) is 3. The number of carbonyl (C=O) groups is 1. The molecule has 3 heterocycles. The molecule has 0 saturated carbocycles. The predicted molar refractivity (Wildman–Crippen MR) is 69.1 cm³/mol. The highest BCUT2D eigenvalue weighted by Crippen LogP contribution is 2.26. The van der Waals surface area contributed by atoms with Gasteiger partial charge < -0.3 is 15.3 Å². The van der Waals surface area contributed by atoms with Gasteiger partial charge in [-0.15, -0.1) is 0 Å². The fraction of sp³-hybridized carbons (Fsp3) is 0.583. The Balaban J connectivity index is 1.66. The van der Waals surface area contributed by atoms with Crippen LogP contribution < -0.4 is 5.32 Å². The van der Waals surface area contributed by atoms with Gasteiger partial charge in [0, 0.05) is 19.1 Å². The number of nitrogens with one attached hydrogen (secondary N) is 1. The second-order valence-corrected chi connectivity index (χ2v) is 5.55. The molecule has 0 aromatic carbocycles. The number of hydrogen-bond acceptors (Lipinski definition) is 5. The zero-order chi connectivity index (χ0) is 13.4. The number of piperidine rings is 1. The van der Waals surface area contributed by atoms with Crippen molar-refractivity contribution in [1.82, 2.24) is 20.2 Å². The summed E-state index contributed by atoms with van der Waals surface area (Å²) in [6, 6.07) is 0.143. The first-order valence-corrected chi connectivity index (χ1v) is 6.74. The summed E-state index contributed by atoms with van der Waals surface area (Å²) in [4.78, 5) is 21.9. The first-order valence-electron chi connectivity index (χ1n) is 6.36. The zero-order valence-electron chi connectivity index (χ0n) is 10.3. The van der Waals surface area contributed by atoms with Crippen molar-refractivity contribution in [3.63, 3.8) is 0 Å². The molecule has 2 bridgehead atoms. The molecule has 1 amide bonds. The van der Waals surface area contributed by atoms with E-state index in [4.69, 9.17) is 11.6 Å². The molecule has 7 heteroatoms. The average molecular weight is 283 g/mol. The second-order valence-electron chi connectivity index (χ2n) is 5.19. The highest BCUT2D eigenvalue weighted by atomic mass is 35.5. The van der Waals surface area contributed by atoms with Gasteiger partial charge in [0.1, 0.15) is 0 Å². The van der Waals surface area contributed by atoms with E-state index in [2.05, 4.69) is 20.2 Å². The molecular formula is C12H15ClN4O2. The lowest BCUT2D eigenvalue weighted by molar-refractivity contribution is 0.0898. The molecule has 102 valence electrons. The molecule has 0 aliphatic carbocycles. The van der Waals surface area contributed by atoms with Gasteiger partial charge in [-0.2, -0.15) is 0 Å². The van der Waals surface area contributed by atoms with Crippen molar-refractivity contribution >= 4 is 17.5 Å². The molecule has 2 saturated heterocycles. The van der Waals surface area contributed by atoms with E-state index >= 15 is 0 Å². The lowest BCUT2D eigenvalue weighted by Crippen LogP contribution is -2.47. The summed E-state index contributed by atoms with van der Waals surface area (Å²) in [5.74, 6) is 0.119. The highest BCUT2D eigenvalue weighted by molar-refractivity contribution is 6.30. The van der Waals surface area contributed by atoms with E-state index < -0.39 is 0 Å². The van der Waals surface area contributed by atoms with Gasteiger partial charge in [0.25, 0.3) is 5.91 Å². The molecule has 3 rings (SSSR count). The summed E-state index contributed by atoms with van der Waals surface area (Å²) in [5, 5.41) is 12.1. The van der Waals surface area contributed by atoms with Gasteiger partial charge in [0.05, 0.1) is 6.20 Å². The van der Waals surface area contributed by atoms with Crippen LogP contribution in [0.25, 0.3) is 0 Å². The fourth-order valence-corrected chi connectivity index (χ4v) is 3.01. The van der Waals surface area contributed by atoms with Gasteiger partial charge in [0.2, 0.25) is 5.82 Å². The van der Waals surface area contributed by atoms with Gasteiger partial charge in [-0.3, -0.25) is 4.79 Å². The highest BCUT2D eigenvalue weighted by Gasteiger charge is 2.33. The third kappa shape index (κ3) is 2.64. The van der Waals surface area contributed by atoms with E-state index in [0.717, 1.165) is 32.3 Å². The Labute approximate surface area is 115 Å². The lowest BCUT2D eigenvalue weighted by Gasteiger charge is -2.30. The smallest absolute Gasteiger partial charge is 0.289 e. The Morgan fingerprint density at radius 3 is 3.11 bits per heavy atom. The number of aromatic hydroxyl groups is 1. The molecule has 0 spiro atoms. The average Bonchev–Trinajstić information content (AvgIpc) is 2.72. The maximum absolute atomic E-state index is 12.0. The van der Waals surface area contributed by atoms with E-state index in [0.29, 0.717) is 5.92 Å². The SMILES string of the molecule is O=C(NC1CC2CCN(C2)C1)c1ncc(O)c(Cl)n1. The molecule has 3 unspecified atom stereocenters. The van der Waals surface area contributed by atoms with Crippen LogP contribution >= 0.6 is 11.6 Å². The Kier molecular flexibility index (Phi) is 3.28. The van der Waals surface area contributed by atoms with Crippen LogP contribution in [-0.4, -0.2) is 51.6 Å². The summed E-state index contributed by atoms with van der Waals surface area (Å²) in [6.07, 6.45) is 3.36. The molecule has 1 aromatic heterocycles. The standard InChI is InChI=1S/C12H15ClN4O2/c13-10-9(18)4-14-11(16-10)12(19)15-8-3-7-1-2-17(5-7)6-8/h4,7-8,18H,1-3,5-6H2,(H,15,19). The number of amides is 1. The van der Waals surface area contributed by atoms with E-state index in [1.807, 2.05) is 0 Å². The molecule has 19 heavy (non-hydrogen) atoms. The summed E-state index contributed by atoms with van der Waals surface area (Å²) < 4.78 is 0. The maximum atomic E-state index is 12.0. The number of hydrogen-bond donors (Lipinski definition) is 2. The number of halogens is 1. The number of fused-ring (bicyclic) bond motifs is 2. The Bertz CT molecular complexity index is 499. The quantitative estimate of drug-likeness (QED) is 0.779. The minimum Gasteiger partial charge on any atom is -0.504 e. The Morgan fingerprint density at radius 2 is 2.37 bits per heavy atom. The van der Waals surface area contributed by atoms with Crippen molar-refractivity contribution < 1.29 is 9.90 Å². The summed E-state index contributed by atoms with van der Waals surface area (Å²) in [7, 11) is 0. The van der Waals surface area contributed by atoms with Gasteiger partial charge in [-0.05, 0) is 25.3 Å². The molecule has 1 aromatic rings. The molecule has 2 aliphatic rings. The maximum Gasteiger partial charge on any atom is 0.289 e. The van der Waals surface area contributed by atoms with Gasteiger partial charge in [0.15, 0.2) is 10.9 Å². The van der Waals surface area contributed by atoms with E-state index in [1.54, 1.807) is 0 Å². The van der Waals surface area contributed by atoms with Gasteiger partial charge in [-0.1, -0.05) is 11.6 Å². The Morgan fingerprint density at radius 1 is 1.53 bits per heavy atom. The number of aromatic nitrogens is 2. The third-order valence-electron chi connectivity index (χ3n) is 3.73. The monoisotopic (exact) mass is 282 g/mol.